The highest BCUT2D eigenvalue weighted by atomic mass is 32.2. The van der Waals surface area contributed by atoms with E-state index in [1.807, 2.05) is 13.8 Å². The summed E-state index contributed by atoms with van der Waals surface area (Å²) in [6.07, 6.45) is 0.751. The average molecular weight is 310 g/mol. The molecule has 1 aromatic carbocycles. The molecule has 0 saturated carbocycles. The number of hydrogen-bond acceptors (Lipinski definition) is 6. The van der Waals surface area contributed by atoms with Crippen molar-refractivity contribution in [3.8, 4) is 0 Å². The third-order valence-corrected chi connectivity index (χ3v) is 4.32. The first-order chi connectivity index (χ1) is 10.0. The van der Waals surface area contributed by atoms with Gasteiger partial charge in [0.15, 0.2) is 5.82 Å². The maximum absolute atomic E-state index is 11.9. The number of aromatic nitrogens is 4. The Morgan fingerprint density at radius 2 is 2.00 bits per heavy atom. The van der Waals surface area contributed by atoms with E-state index < -0.39 is 10.0 Å². The van der Waals surface area contributed by atoms with Crippen molar-refractivity contribution in [2.24, 2.45) is 0 Å². The molecule has 0 aliphatic rings. The van der Waals surface area contributed by atoms with Crippen LogP contribution in [0.3, 0.4) is 0 Å². The Bertz CT molecular complexity index is 654. The zero-order valence-corrected chi connectivity index (χ0v) is 12.7. The van der Waals surface area contributed by atoms with E-state index in [0.29, 0.717) is 12.4 Å². The Hall–Kier alpha value is -2.00. The van der Waals surface area contributed by atoms with Crippen LogP contribution in [0.1, 0.15) is 32.1 Å². The molecule has 0 bridgehead atoms. The fourth-order valence-electron chi connectivity index (χ4n) is 1.72. The van der Waals surface area contributed by atoms with E-state index in [2.05, 4.69) is 30.7 Å². The second-order valence-electron chi connectivity index (χ2n) is 4.56. The van der Waals surface area contributed by atoms with Gasteiger partial charge in [-0.3, -0.25) is 0 Å². The standard InChI is InChI=1S/C12H18N6O2S/c1-3-8-13-21(19,20)11-6-4-10(5-7-11)14-9(2)12-15-17-18-16-12/h4-7,9,13-14H,3,8H2,1-2H3,(H,15,16,17,18). The number of tetrazole rings is 1. The van der Waals surface area contributed by atoms with Gasteiger partial charge in [0, 0.05) is 12.2 Å². The summed E-state index contributed by atoms with van der Waals surface area (Å²) in [5.74, 6) is 0.538. The average Bonchev–Trinajstić information content (AvgIpc) is 3.00. The van der Waals surface area contributed by atoms with Gasteiger partial charge in [0.05, 0.1) is 10.9 Å². The summed E-state index contributed by atoms with van der Waals surface area (Å²) in [7, 11) is -3.43. The lowest BCUT2D eigenvalue weighted by molar-refractivity contribution is 0.581. The van der Waals surface area contributed by atoms with Gasteiger partial charge in [0.2, 0.25) is 10.0 Å². The number of benzene rings is 1. The Labute approximate surface area is 123 Å². The molecule has 1 atom stereocenters. The third-order valence-electron chi connectivity index (χ3n) is 2.84. The van der Waals surface area contributed by atoms with E-state index in [9.17, 15) is 8.42 Å². The second kappa shape index (κ2) is 6.64. The summed E-state index contributed by atoms with van der Waals surface area (Å²) in [5.41, 5.74) is 0.779. The number of nitrogens with one attached hydrogen (secondary N) is 3. The van der Waals surface area contributed by atoms with Gasteiger partial charge < -0.3 is 5.32 Å². The fraction of sp³-hybridized carbons (Fsp3) is 0.417. The smallest absolute Gasteiger partial charge is 0.240 e. The highest BCUT2D eigenvalue weighted by Crippen LogP contribution is 2.18. The topological polar surface area (TPSA) is 113 Å². The van der Waals surface area contributed by atoms with Crippen LogP contribution < -0.4 is 10.0 Å². The molecule has 114 valence electrons. The zero-order chi connectivity index (χ0) is 15.3. The Balaban J connectivity index is 2.05. The van der Waals surface area contributed by atoms with Gasteiger partial charge in [-0.2, -0.15) is 5.21 Å². The van der Waals surface area contributed by atoms with E-state index in [-0.39, 0.29) is 10.9 Å². The van der Waals surface area contributed by atoms with E-state index in [1.54, 1.807) is 24.3 Å². The van der Waals surface area contributed by atoms with Gasteiger partial charge in [-0.25, -0.2) is 13.1 Å². The lowest BCUT2D eigenvalue weighted by Crippen LogP contribution is -2.24. The Morgan fingerprint density at radius 3 is 2.57 bits per heavy atom. The molecule has 2 aromatic rings. The molecule has 2 rings (SSSR count). The lowest BCUT2D eigenvalue weighted by atomic mass is 10.2. The van der Waals surface area contributed by atoms with Crippen molar-refractivity contribution in [3.63, 3.8) is 0 Å². The number of sulfonamides is 1. The molecule has 0 aliphatic heterocycles. The summed E-state index contributed by atoms with van der Waals surface area (Å²) >= 11 is 0. The summed E-state index contributed by atoms with van der Waals surface area (Å²) in [6, 6.07) is 6.39. The second-order valence-corrected chi connectivity index (χ2v) is 6.33. The maximum atomic E-state index is 11.9. The molecule has 0 fully saturated rings. The van der Waals surface area contributed by atoms with Crippen LogP contribution in [-0.2, 0) is 10.0 Å². The van der Waals surface area contributed by atoms with Gasteiger partial charge in [0.25, 0.3) is 0 Å². The molecule has 0 amide bonds. The van der Waals surface area contributed by atoms with Crippen LogP contribution in [0.15, 0.2) is 29.2 Å². The highest BCUT2D eigenvalue weighted by Gasteiger charge is 2.14. The van der Waals surface area contributed by atoms with Gasteiger partial charge in [-0.05, 0) is 37.6 Å². The van der Waals surface area contributed by atoms with Crippen molar-refractivity contribution < 1.29 is 8.42 Å². The van der Waals surface area contributed by atoms with Crippen molar-refractivity contribution in [3.05, 3.63) is 30.1 Å². The van der Waals surface area contributed by atoms with Crippen molar-refractivity contribution in [1.29, 1.82) is 0 Å². The van der Waals surface area contributed by atoms with Crippen LogP contribution >= 0.6 is 0 Å². The van der Waals surface area contributed by atoms with Crippen molar-refractivity contribution >= 4 is 15.7 Å². The summed E-state index contributed by atoms with van der Waals surface area (Å²) in [4.78, 5) is 0.244. The molecule has 8 nitrogen and oxygen atoms in total. The van der Waals surface area contributed by atoms with Crippen LogP contribution in [0.4, 0.5) is 5.69 Å². The van der Waals surface area contributed by atoms with Gasteiger partial charge in [-0.1, -0.05) is 12.1 Å². The largest absolute Gasteiger partial charge is 0.375 e. The highest BCUT2D eigenvalue weighted by molar-refractivity contribution is 7.89. The SMILES string of the molecule is CCCNS(=O)(=O)c1ccc(NC(C)c2nn[nH]n2)cc1. The number of rotatable bonds is 7. The minimum absolute atomic E-state index is 0.135. The predicted molar refractivity (Wildman–Crippen MR) is 78.1 cm³/mol. The molecular formula is C12H18N6O2S. The fourth-order valence-corrected chi connectivity index (χ4v) is 2.85. The maximum Gasteiger partial charge on any atom is 0.240 e. The summed E-state index contributed by atoms with van der Waals surface area (Å²) < 4.78 is 26.4. The number of aromatic amines is 1. The minimum atomic E-state index is -3.43. The van der Waals surface area contributed by atoms with Crippen LogP contribution in [0.5, 0.6) is 0 Å². The molecule has 1 unspecified atom stereocenters. The van der Waals surface area contributed by atoms with Crippen LogP contribution in [0.25, 0.3) is 0 Å². The Morgan fingerprint density at radius 1 is 1.29 bits per heavy atom. The lowest BCUT2D eigenvalue weighted by Gasteiger charge is -2.12. The molecule has 1 heterocycles. The molecule has 0 radical (unpaired) electrons. The van der Waals surface area contributed by atoms with E-state index in [0.717, 1.165) is 12.1 Å². The third kappa shape index (κ3) is 3.99. The van der Waals surface area contributed by atoms with E-state index in [1.165, 1.54) is 0 Å². The minimum Gasteiger partial charge on any atom is -0.375 e. The molecule has 21 heavy (non-hydrogen) atoms. The van der Waals surface area contributed by atoms with Crippen molar-refractivity contribution in [1.82, 2.24) is 25.3 Å². The molecule has 1 aromatic heterocycles. The zero-order valence-electron chi connectivity index (χ0n) is 11.9. The van der Waals surface area contributed by atoms with Gasteiger partial charge in [0.1, 0.15) is 0 Å². The number of anilines is 1. The van der Waals surface area contributed by atoms with Gasteiger partial charge in [-0.15, -0.1) is 10.2 Å². The number of nitrogens with zero attached hydrogens (tertiary/aromatic N) is 3. The predicted octanol–water partition coefficient (Wildman–Crippen LogP) is 1.06. The normalized spacial score (nSPS) is 13.0. The van der Waals surface area contributed by atoms with Crippen LogP contribution in [-0.4, -0.2) is 35.6 Å². The number of H-pyrrole nitrogens is 1. The molecule has 3 N–H and O–H groups in total. The molecule has 0 saturated heterocycles. The van der Waals surface area contributed by atoms with E-state index >= 15 is 0 Å². The van der Waals surface area contributed by atoms with Crippen molar-refractivity contribution in [2.75, 3.05) is 11.9 Å². The quantitative estimate of drug-likeness (QED) is 0.705. The van der Waals surface area contributed by atoms with Crippen molar-refractivity contribution in [2.45, 2.75) is 31.2 Å². The first-order valence-corrected chi connectivity index (χ1v) is 8.11. The van der Waals surface area contributed by atoms with E-state index in [4.69, 9.17) is 0 Å². The monoisotopic (exact) mass is 310 g/mol. The first kappa shape index (κ1) is 15.4. The molecule has 0 aliphatic carbocycles. The van der Waals surface area contributed by atoms with Gasteiger partial charge >= 0.3 is 0 Å². The Kier molecular flexibility index (Phi) is 4.86. The molecule has 0 spiro atoms. The summed E-state index contributed by atoms with van der Waals surface area (Å²) in [6.45, 7) is 4.23. The number of hydrogen-bond donors (Lipinski definition) is 3. The molecule has 9 heteroatoms. The first-order valence-electron chi connectivity index (χ1n) is 6.62. The van der Waals surface area contributed by atoms with Crippen LogP contribution in [0, 0.1) is 0 Å². The van der Waals surface area contributed by atoms with Crippen LogP contribution in [0.2, 0.25) is 0 Å². The molecular weight excluding hydrogens is 292 g/mol. The summed E-state index contributed by atoms with van der Waals surface area (Å²) in [5, 5.41) is 16.8.